The van der Waals surface area contributed by atoms with Crippen molar-refractivity contribution in [2.45, 2.75) is 18.8 Å². The molecule has 1 aliphatic rings. The van der Waals surface area contributed by atoms with Crippen molar-refractivity contribution in [2.24, 2.45) is 0 Å². The van der Waals surface area contributed by atoms with Crippen LogP contribution in [0.15, 0.2) is 40.5 Å². The van der Waals surface area contributed by atoms with Crippen LogP contribution in [0.3, 0.4) is 0 Å². The number of anilines is 1. The SMILES string of the molecule is O=C1OC(Cn2sccc2=O)CN1c1ccc(C(F)(F)F)cc1. The van der Waals surface area contributed by atoms with Gasteiger partial charge in [0.15, 0.2) is 0 Å². The molecule has 0 aliphatic carbocycles. The lowest BCUT2D eigenvalue weighted by molar-refractivity contribution is -0.137. The molecule has 2 aromatic rings. The lowest BCUT2D eigenvalue weighted by atomic mass is 10.2. The van der Waals surface area contributed by atoms with Gasteiger partial charge in [-0.2, -0.15) is 13.2 Å². The number of carbonyl (C=O) groups excluding carboxylic acids is 1. The number of halogens is 3. The third-order valence-electron chi connectivity index (χ3n) is 3.39. The molecule has 1 aromatic carbocycles. The maximum atomic E-state index is 12.5. The van der Waals surface area contributed by atoms with Gasteiger partial charge in [-0.25, -0.2) is 4.79 Å². The second kappa shape index (κ2) is 5.73. The zero-order chi connectivity index (χ0) is 16.6. The van der Waals surface area contributed by atoms with Gasteiger partial charge in [0, 0.05) is 17.1 Å². The molecule has 2 heterocycles. The lowest BCUT2D eigenvalue weighted by Crippen LogP contribution is -2.27. The first-order valence-electron chi connectivity index (χ1n) is 6.65. The smallest absolute Gasteiger partial charge is 0.416 e. The Morgan fingerprint density at radius 3 is 2.43 bits per heavy atom. The van der Waals surface area contributed by atoms with Crippen LogP contribution in [0.2, 0.25) is 0 Å². The summed E-state index contributed by atoms with van der Waals surface area (Å²) in [6.45, 7) is 0.397. The molecule has 0 radical (unpaired) electrons. The summed E-state index contributed by atoms with van der Waals surface area (Å²) in [7, 11) is 0. The van der Waals surface area contributed by atoms with Crippen molar-refractivity contribution in [2.75, 3.05) is 11.4 Å². The summed E-state index contributed by atoms with van der Waals surface area (Å²) < 4.78 is 44.3. The third-order valence-corrected chi connectivity index (χ3v) is 4.24. The minimum Gasteiger partial charge on any atom is -0.442 e. The monoisotopic (exact) mass is 344 g/mol. The summed E-state index contributed by atoms with van der Waals surface area (Å²) in [5, 5.41) is 1.63. The highest BCUT2D eigenvalue weighted by atomic mass is 32.1. The number of ether oxygens (including phenoxy) is 1. The van der Waals surface area contributed by atoms with Gasteiger partial charge in [-0.1, -0.05) is 11.5 Å². The molecular formula is C14H11F3N2O3S. The quantitative estimate of drug-likeness (QED) is 0.860. The van der Waals surface area contributed by atoms with E-state index < -0.39 is 23.9 Å². The number of carbonyl (C=O) groups is 1. The maximum absolute atomic E-state index is 12.5. The number of aromatic nitrogens is 1. The second-order valence-corrected chi connectivity index (χ2v) is 5.89. The Balaban J connectivity index is 1.73. The van der Waals surface area contributed by atoms with Crippen LogP contribution in [0.5, 0.6) is 0 Å². The maximum Gasteiger partial charge on any atom is 0.416 e. The van der Waals surface area contributed by atoms with Gasteiger partial charge in [-0.3, -0.25) is 13.7 Å². The Morgan fingerprint density at radius 2 is 1.87 bits per heavy atom. The van der Waals surface area contributed by atoms with Crippen LogP contribution in [0, 0.1) is 0 Å². The van der Waals surface area contributed by atoms with E-state index in [-0.39, 0.29) is 18.6 Å². The van der Waals surface area contributed by atoms with E-state index in [1.54, 1.807) is 5.38 Å². The fraction of sp³-hybridized carbons (Fsp3) is 0.286. The zero-order valence-corrected chi connectivity index (χ0v) is 12.4. The summed E-state index contributed by atoms with van der Waals surface area (Å²) in [4.78, 5) is 24.6. The first-order chi connectivity index (χ1) is 10.8. The van der Waals surface area contributed by atoms with Gasteiger partial charge in [-0.15, -0.1) is 0 Å². The summed E-state index contributed by atoms with van der Waals surface area (Å²) in [6.07, 6.45) is -5.59. The summed E-state index contributed by atoms with van der Waals surface area (Å²) in [5.74, 6) is 0. The number of hydrogen-bond donors (Lipinski definition) is 0. The Labute approximate surface area is 132 Å². The lowest BCUT2D eigenvalue weighted by Gasteiger charge is -2.14. The number of hydrogen-bond acceptors (Lipinski definition) is 4. The molecule has 1 aromatic heterocycles. The number of cyclic esters (lactones) is 1. The van der Waals surface area contributed by atoms with E-state index in [9.17, 15) is 22.8 Å². The van der Waals surface area contributed by atoms with Gasteiger partial charge >= 0.3 is 12.3 Å². The van der Waals surface area contributed by atoms with E-state index in [0.29, 0.717) is 5.69 Å². The van der Waals surface area contributed by atoms with Crippen LogP contribution >= 0.6 is 11.5 Å². The average Bonchev–Trinajstić information content (AvgIpc) is 3.05. The molecular weight excluding hydrogens is 333 g/mol. The Morgan fingerprint density at radius 1 is 1.17 bits per heavy atom. The minimum absolute atomic E-state index is 0.175. The molecule has 23 heavy (non-hydrogen) atoms. The number of amides is 1. The summed E-state index contributed by atoms with van der Waals surface area (Å²) in [6, 6.07) is 5.70. The van der Waals surface area contributed by atoms with Crippen molar-refractivity contribution in [3.63, 3.8) is 0 Å². The number of nitrogens with zero attached hydrogens (tertiary/aromatic N) is 2. The van der Waals surface area contributed by atoms with E-state index in [2.05, 4.69) is 0 Å². The minimum atomic E-state index is -4.42. The molecule has 0 N–H and O–H groups in total. The van der Waals surface area contributed by atoms with Gasteiger partial charge in [-0.05, 0) is 24.3 Å². The molecule has 0 saturated carbocycles. The predicted octanol–water partition coefficient (Wildman–Crippen LogP) is 2.95. The molecule has 1 amide bonds. The first kappa shape index (κ1) is 15.6. The molecule has 1 aliphatic heterocycles. The van der Waals surface area contributed by atoms with E-state index in [0.717, 1.165) is 12.1 Å². The van der Waals surface area contributed by atoms with Gasteiger partial charge in [0.25, 0.3) is 5.56 Å². The largest absolute Gasteiger partial charge is 0.442 e. The standard InChI is InChI=1S/C14H11F3N2O3S/c15-14(16,17)9-1-3-10(4-2-9)18-7-11(22-13(18)21)8-19-12(20)5-6-23-19/h1-6,11H,7-8H2. The predicted molar refractivity (Wildman–Crippen MR) is 77.6 cm³/mol. The fourth-order valence-corrected chi connectivity index (χ4v) is 3.01. The Kier molecular flexibility index (Phi) is 3.88. The molecule has 1 saturated heterocycles. The highest BCUT2D eigenvalue weighted by Crippen LogP contribution is 2.31. The van der Waals surface area contributed by atoms with Gasteiger partial charge in [0.2, 0.25) is 0 Å². The molecule has 1 atom stereocenters. The molecule has 0 bridgehead atoms. The summed E-state index contributed by atoms with van der Waals surface area (Å²) in [5.41, 5.74) is -0.640. The highest BCUT2D eigenvalue weighted by Gasteiger charge is 2.34. The van der Waals surface area contributed by atoms with E-state index in [1.807, 2.05) is 0 Å². The molecule has 1 fully saturated rings. The average molecular weight is 344 g/mol. The second-order valence-electron chi connectivity index (χ2n) is 4.97. The van der Waals surface area contributed by atoms with Crippen molar-refractivity contribution in [1.29, 1.82) is 0 Å². The van der Waals surface area contributed by atoms with E-state index in [4.69, 9.17) is 4.74 Å². The van der Waals surface area contributed by atoms with Crippen LogP contribution in [0.1, 0.15) is 5.56 Å². The normalized spacial score (nSPS) is 18.3. The zero-order valence-electron chi connectivity index (χ0n) is 11.6. The Bertz CT molecular complexity index is 767. The molecule has 9 heteroatoms. The fourth-order valence-electron chi connectivity index (χ4n) is 2.27. The van der Waals surface area contributed by atoms with Crippen LogP contribution in [-0.2, 0) is 17.5 Å². The number of benzene rings is 1. The van der Waals surface area contributed by atoms with Crippen LogP contribution in [0.4, 0.5) is 23.7 Å². The van der Waals surface area contributed by atoms with Crippen molar-refractivity contribution in [1.82, 2.24) is 3.96 Å². The number of alkyl halides is 3. The summed E-state index contributed by atoms with van der Waals surface area (Å²) >= 11 is 1.21. The topological polar surface area (TPSA) is 51.5 Å². The van der Waals surface area contributed by atoms with Gasteiger partial charge in [0.1, 0.15) is 6.10 Å². The third kappa shape index (κ3) is 3.24. The van der Waals surface area contributed by atoms with Crippen LogP contribution < -0.4 is 10.5 Å². The molecule has 5 nitrogen and oxygen atoms in total. The first-order valence-corrected chi connectivity index (χ1v) is 7.48. The molecule has 1 unspecified atom stereocenters. The van der Waals surface area contributed by atoms with Gasteiger partial charge in [0.05, 0.1) is 18.7 Å². The molecule has 122 valence electrons. The molecule has 0 spiro atoms. The van der Waals surface area contributed by atoms with Crippen LogP contribution in [0.25, 0.3) is 0 Å². The molecule has 3 rings (SSSR count). The van der Waals surface area contributed by atoms with Crippen molar-refractivity contribution < 1.29 is 22.7 Å². The van der Waals surface area contributed by atoms with Crippen molar-refractivity contribution in [3.8, 4) is 0 Å². The van der Waals surface area contributed by atoms with Crippen molar-refractivity contribution >= 4 is 23.3 Å². The Hall–Kier alpha value is -2.29. The van der Waals surface area contributed by atoms with Gasteiger partial charge < -0.3 is 4.74 Å². The van der Waals surface area contributed by atoms with Crippen LogP contribution in [-0.4, -0.2) is 22.7 Å². The highest BCUT2D eigenvalue weighted by molar-refractivity contribution is 7.04. The van der Waals surface area contributed by atoms with E-state index in [1.165, 1.54) is 38.6 Å². The number of rotatable bonds is 3. The van der Waals surface area contributed by atoms with E-state index >= 15 is 0 Å². The van der Waals surface area contributed by atoms with Crippen molar-refractivity contribution in [3.05, 3.63) is 51.6 Å².